The van der Waals surface area contributed by atoms with Crippen molar-refractivity contribution < 1.29 is 24.0 Å². The molecule has 2 heterocycles. The number of ether oxygens (including phenoxy) is 2. The zero-order chi connectivity index (χ0) is 20.5. The zero-order valence-corrected chi connectivity index (χ0v) is 16.6. The molecule has 0 saturated heterocycles. The molecule has 0 saturated carbocycles. The number of benzene rings is 1. The van der Waals surface area contributed by atoms with Gasteiger partial charge in [0.2, 0.25) is 5.78 Å². The average molecular weight is 404 g/mol. The Balaban J connectivity index is 2.04. The predicted molar refractivity (Wildman–Crippen MR) is 103 cm³/mol. The van der Waals surface area contributed by atoms with E-state index >= 15 is 0 Å². The molecule has 1 N–H and O–H groups in total. The third-order valence-corrected chi connectivity index (χ3v) is 5.50. The fourth-order valence-electron chi connectivity index (χ4n) is 2.96. The number of nitrogens with zero attached hydrogens (tertiary/aromatic N) is 1. The maximum Gasteiger partial charge on any atom is 0.356 e. The number of nitrogens with one attached hydrogen (secondary N) is 1. The molecule has 2 aliphatic rings. The second-order valence-corrected chi connectivity index (χ2v) is 7.99. The Kier molecular flexibility index (Phi) is 5.57. The summed E-state index contributed by atoms with van der Waals surface area (Å²) >= 11 is 1.10. The van der Waals surface area contributed by atoms with Crippen molar-refractivity contribution in [3.8, 4) is 0 Å². The molecule has 0 atom stereocenters. The molecule has 28 heavy (non-hydrogen) atoms. The number of hydrogen-bond acceptors (Lipinski definition) is 8. The van der Waals surface area contributed by atoms with Crippen molar-refractivity contribution in [1.29, 1.82) is 0 Å². The van der Waals surface area contributed by atoms with Crippen molar-refractivity contribution in [2.75, 3.05) is 13.2 Å². The number of nitro groups is 1. The van der Waals surface area contributed by atoms with Crippen LogP contribution >= 0.6 is 11.8 Å². The van der Waals surface area contributed by atoms with E-state index in [9.17, 15) is 19.7 Å². The number of carbonyl (C=O) groups is 2. The van der Waals surface area contributed by atoms with Gasteiger partial charge in [0, 0.05) is 23.1 Å². The van der Waals surface area contributed by atoms with Crippen LogP contribution in [0.15, 0.2) is 45.5 Å². The molecule has 8 nitrogen and oxygen atoms in total. The van der Waals surface area contributed by atoms with Crippen LogP contribution in [-0.4, -0.2) is 35.5 Å². The summed E-state index contributed by atoms with van der Waals surface area (Å²) in [6, 6.07) is 5.67. The molecule has 1 aromatic rings. The van der Waals surface area contributed by atoms with Gasteiger partial charge in [-0.25, -0.2) is 4.79 Å². The van der Waals surface area contributed by atoms with Gasteiger partial charge in [-0.3, -0.25) is 14.9 Å². The predicted octanol–water partition coefficient (Wildman–Crippen LogP) is 3.30. The molecule has 1 aromatic carbocycles. The second kappa shape index (κ2) is 7.76. The van der Waals surface area contributed by atoms with Crippen LogP contribution in [0.2, 0.25) is 0 Å². The molecule has 0 unspecified atom stereocenters. The van der Waals surface area contributed by atoms with E-state index in [0.717, 1.165) is 22.4 Å². The second-order valence-electron chi connectivity index (χ2n) is 6.88. The number of carbonyl (C=O) groups excluding carboxylic acids is 2. The number of Topliss-reactive ketones (excluding diaryl/α,β-unsaturated/α-hetero) is 1. The smallest absolute Gasteiger partial charge is 0.356 e. The van der Waals surface area contributed by atoms with Gasteiger partial charge in [-0.15, -0.1) is 0 Å². The number of nitro benzene ring substituents is 1. The van der Waals surface area contributed by atoms with Crippen LogP contribution in [0.25, 0.3) is 0 Å². The monoisotopic (exact) mass is 404 g/mol. The number of allylic oxidation sites excluding steroid dienone is 1. The maximum absolute atomic E-state index is 13.2. The summed E-state index contributed by atoms with van der Waals surface area (Å²) in [5.41, 5.74) is -0.00880. The van der Waals surface area contributed by atoms with Gasteiger partial charge in [-0.1, -0.05) is 23.9 Å². The van der Waals surface area contributed by atoms with Gasteiger partial charge >= 0.3 is 5.97 Å². The fraction of sp³-hybridized carbons (Fsp3) is 0.368. The molecule has 0 fully saturated rings. The Bertz CT molecular complexity index is 919. The van der Waals surface area contributed by atoms with E-state index in [2.05, 4.69) is 5.32 Å². The molecule has 0 radical (unpaired) electrons. The lowest BCUT2D eigenvalue weighted by Crippen LogP contribution is -2.38. The van der Waals surface area contributed by atoms with E-state index in [1.807, 2.05) is 13.8 Å². The van der Waals surface area contributed by atoms with Gasteiger partial charge in [-0.05, 0) is 26.8 Å². The minimum Gasteiger partial charge on any atom is -0.461 e. The molecule has 9 heteroatoms. The first-order valence-corrected chi connectivity index (χ1v) is 9.55. The third kappa shape index (κ3) is 3.95. The first-order valence-electron chi connectivity index (χ1n) is 8.74. The van der Waals surface area contributed by atoms with E-state index < -0.39 is 22.3 Å². The first kappa shape index (κ1) is 20.1. The van der Waals surface area contributed by atoms with E-state index in [1.165, 1.54) is 18.2 Å². The molecule has 3 rings (SSSR count). The molecule has 0 aromatic heterocycles. The van der Waals surface area contributed by atoms with Gasteiger partial charge in [0.1, 0.15) is 11.3 Å². The van der Waals surface area contributed by atoms with Gasteiger partial charge in [0.25, 0.3) is 5.69 Å². The highest BCUT2D eigenvalue weighted by Crippen LogP contribution is 2.42. The summed E-state index contributed by atoms with van der Waals surface area (Å²) in [7, 11) is 0. The molecule has 0 amide bonds. The number of thioether (sulfide) groups is 1. The van der Waals surface area contributed by atoms with Crippen molar-refractivity contribution in [2.24, 2.45) is 0 Å². The van der Waals surface area contributed by atoms with E-state index in [1.54, 1.807) is 13.0 Å². The minimum atomic E-state index is -0.673. The van der Waals surface area contributed by atoms with Crippen LogP contribution in [-0.2, 0) is 14.3 Å². The summed E-state index contributed by atoms with van der Waals surface area (Å²) in [4.78, 5) is 37.2. The van der Waals surface area contributed by atoms with Crippen LogP contribution < -0.4 is 5.32 Å². The normalized spacial score (nSPS) is 18.2. The Morgan fingerprint density at radius 3 is 2.75 bits per heavy atom. The Morgan fingerprint density at radius 2 is 2.07 bits per heavy atom. The number of ketones is 1. The highest BCUT2D eigenvalue weighted by atomic mass is 32.2. The van der Waals surface area contributed by atoms with Crippen molar-refractivity contribution in [2.45, 2.75) is 32.8 Å². The van der Waals surface area contributed by atoms with Gasteiger partial charge in [0.15, 0.2) is 0 Å². The van der Waals surface area contributed by atoms with Crippen molar-refractivity contribution >= 4 is 29.2 Å². The van der Waals surface area contributed by atoms with Gasteiger partial charge in [-0.2, -0.15) is 0 Å². The maximum atomic E-state index is 13.2. The summed E-state index contributed by atoms with van der Waals surface area (Å²) in [6.45, 7) is 5.96. The van der Waals surface area contributed by atoms with E-state index in [0.29, 0.717) is 6.42 Å². The fourth-order valence-corrected chi connectivity index (χ4v) is 4.01. The lowest BCUT2D eigenvalue weighted by molar-refractivity contribution is -0.385. The topological polar surface area (TPSA) is 108 Å². The van der Waals surface area contributed by atoms with E-state index in [4.69, 9.17) is 9.47 Å². The third-order valence-electron chi connectivity index (χ3n) is 4.29. The number of para-hydroxylation sites is 1. The van der Waals surface area contributed by atoms with Crippen LogP contribution in [0, 0.1) is 10.1 Å². The Hall–Kier alpha value is -2.65. The highest BCUT2D eigenvalue weighted by molar-refractivity contribution is 8.07. The van der Waals surface area contributed by atoms with Crippen LogP contribution in [0.3, 0.4) is 0 Å². The Morgan fingerprint density at radius 1 is 1.36 bits per heavy atom. The van der Waals surface area contributed by atoms with E-state index in [-0.39, 0.29) is 35.1 Å². The number of hydrogen-bond donors (Lipinski definition) is 1. The standard InChI is InChI=1S/C19H20N2O6S/c1-4-26-18(23)15-17(16(22)11-7-5-6-8-13(11)21(24)25)28-14-10-27-19(2,3)9-12(14)20-15/h5-8,20H,4,9-10H2,1-3H3. The van der Waals surface area contributed by atoms with Crippen LogP contribution in [0.5, 0.6) is 0 Å². The lowest BCUT2D eigenvalue weighted by atomic mass is 9.99. The molecule has 2 aliphatic heterocycles. The SMILES string of the molecule is CCOC(=O)C1=C(C(=O)c2ccccc2[N+](=O)[O-])SC2=C(CC(C)(C)OC2)N1. The zero-order valence-electron chi connectivity index (χ0n) is 15.7. The quantitative estimate of drug-likeness (QED) is 0.345. The summed E-state index contributed by atoms with van der Waals surface area (Å²) in [6.07, 6.45) is 0.533. The lowest BCUT2D eigenvalue weighted by Gasteiger charge is -2.36. The van der Waals surface area contributed by atoms with Crippen molar-refractivity contribution in [1.82, 2.24) is 5.32 Å². The van der Waals surface area contributed by atoms with Gasteiger partial charge < -0.3 is 14.8 Å². The first-order chi connectivity index (χ1) is 13.2. The summed E-state index contributed by atoms with van der Waals surface area (Å²) in [5, 5.41) is 14.4. The van der Waals surface area contributed by atoms with Crippen molar-refractivity contribution in [3.63, 3.8) is 0 Å². The molecule has 0 aliphatic carbocycles. The summed E-state index contributed by atoms with van der Waals surface area (Å²) < 4.78 is 10.9. The Labute approximate surface area is 166 Å². The molecular formula is C19H20N2O6S. The molecular weight excluding hydrogens is 384 g/mol. The number of esters is 1. The van der Waals surface area contributed by atoms with Crippen LogP contribution in [0.1, 0.15) is 37.6 Å². The largest absolute Gasteiger partial charge is 0.461 e. The molecule has 0 bridgehead atoms. The summed E-state index contributed by atoms with van der Waals surface area (Å²) in [5.74, 6) is -1.28. The molecule has 148 valence electrons. The van der Waals surface area contributed by atoms with Crippen LogP contribution in [0.4, 0.5) is 5.69 Å². The highest BCUT2D eigenvalue weighted by Gasteiger charge is 2.37. The molecule has 0 spiro atoms. The minimum absolute atomic E-state index is 0.00597. The van der Waals surface area contributed by atoms with Gasteiger partial charge in [0.05, 0.1) is 28.6 Å². The average Bonchev–Trinajstić information content (AvgIpc) is 2.66. The number of rotatable bonds is 5. The van der Waals surface area contributed by atoms with Crippen molar-refractivity contribution in [3.05, 3.63) is 61.1 Å².